The monoisotopic (exact) mass is 640 g/mol. The fraction of sp³-hybridized carbons (Fsp3) is 0.667. The molecule has 0 radical (unpaired) electrons. The van der Waals surface area contributed by atoms with Gasteiger partial charge < -0.3 is 35.0 Å². The largest absolute Gasteiger partial charge is 1.00 e. The Morgan fingerprint density at radius 3 is 0.763 bits per heavy atom. The van der Waals surface area contributed by atoms with E-state index in [-0.39, 0.29) is 79.1 Å². The van der Waals surface area contributed by atoms with E-state index < -0.39 is 22.8 Å². The third-order valence-corrected chi connectivity index (χ3v) is 6.41. The van der Waals surface area contributed by atoms with Crippen molar-refractivity contribution in [2.45, 2.75) is 111 Å². The molecular weight excluding hydrogens is 591 g/mol. The first-order chi connectivity index (χ1) is 14.8. The summed E-state index contributed by atoms with van der Waals surface area (Å²) in [5, 5.41) is 16.5. The van der Waals surface area contributed by atoms with E-state index in [1.165, 1.54) is 33.4 Å². The molecule has 2 N–H and O–H groups in total. The van der Waals surface area contributed by atoms with Crippen molar-refractivity contribution in [3.05, 3.63) is 45.6 Å². The van der Waals surface area contributed by atoms with Gasteiger partial charge in [-0.15, -0.1) is 13.8 Å². The van der Waals surface area contributed by atoms with E-state index in [4.69, 9.17) is 10.2 Å². The molecule has 0 aromatic heterocycles. The average molecular weight is 641 g/mol. The summed E-state index contributed by atoms with van der Waals surface area (Å²) in [6, 6.07) is 0. The molecule has 4 nitrogen and oxygen atoms in total. The van der Waals surface area contributed by atoms with Gasteiger partial charge in [0.2, 0.25) is 0 Å². The van der Waals surface area contributed by atoms with Gasteiger partial charge >= 0.3 is 11.9 Å². The topological polar surface area (TPSA) is 74.6 Å². The van der Waals surface area contributed by atoms with Gasteiger partial charge in [-0.3, -0.25) is 21.7 Å². The SMILES string of the molecule is CC(C)(C)C(=O)O.CC(C)(C)C(=O)O.CC1=[C-]C(C)(C)C(C)=C1C.CC1=[C-]C(C)(C)C(C)=C1C.[Cl-].[Cl-].[Ti].[Ti]. The predicted molar refractivity (Wildman–Crippen MR) is 143 cm³/mol. The Hall–Kier alpha value is -0.0914. The van der Waals surface area contributed by atoms with Gasteiger partial charge in [-0.25, -0.2) is 11.1 Å². The first-order valence-electron chi connectivity index (χ1n) is 11.9. The van der Waals surface area contributed by atoms with Gasteiger partial charge in [-0.05, 0) is 41.5 Å². The number of carboxylic acids is 2. The molecule has 0 unspecified atom stereocenters. The van der Waals surface area contributed by atoms with E-state index in [0.717, 1.165) is 0 Å². The van der Waals surface area contributed by atoms with Gasteiger partial charge in [-0.2, -0.15) is 22.3 Å². The second-order valence-electron chi connectivity index (χ2n) is 12.4. The Kier molecular flexibility index (Phi) is 25.5. The molecule has 2 aliphatic rings. The van der Waals surface area contributed by atoms with Crippen molar-refractivity contribution < 1.29 is 88.1 Å². The number of hydrogen-bond acceptors (Lipinski definition) is 2. The molecule has 0 fully saturated rings. The van der Waals surface area contributed by atoms with Gasteiger partial charge in [0.05, 0.1) is 10.8 Å². The smallest absolute Gasteiger partial charge is 0.308 e. The molecule has 0 aromatic carbocycles. The van der Waals surface area contributed by atoms with E-state index in [1.807, 2.05) is 0 Å². The summed E-state index contributed by atoms with van der Waals surface area (Å²) in [6.07, 6.45) is 6.87. The van der Waals surface area contributed by atoms with Crippen LogP contribution in [0.2, 0.25) is 0 Å². The molecule has 38 heavy (non-hydrogen) atoms. The van der Waals surface area contributed by atoms with Crippen LogP contribution in [0.1, 0.15) is 111 Å². The number of rotatable bonds is 0. The Bertz CT molecular complexity index is 822. The van der Waals surface area contributed by atoms with Crippen molar-refractivity contribution in [2.24, 2.45) is 21.7 Å². The Morgan fingerprint density at radius 2 is 0.737 bits per heavy atom. The number of allylic oxidation sites excluding steroid dienone is 8. The zero-order valence-electron chi connectivity index (χ0n) is 26.5. The van der Waals surface area contributed by atoms with E-state index in [9.17, 15) is 9.59 Å². The minimum Gasteiger partial charge on any atom is -1.00 e. The molecule has 0 aliphatic heterocycles. The first-order valence-corrected chi connectivity index (χ1v) is 11.9. The van der Waals surface area contributed by atoms with Crippen LogP contribution < -0.4 is 24.8 Å². The molecule has 2 aliphatic carbocycles. The molecule has 0 spiro atoms. The van der Waals surface area contributed by atoms with Crippen LogP contribution in [0, 0.1) is 33.8 Å². The minimum atomic E-state index is -0.757. The third kappa shape index (κ3) is 17.6. The standard InChI is InChI=1S/2C10H15.2C5H10O2.2ClH.2Ti/c2*1-7-6-10(4,5)9(3)8(7)2;2*1-5(2,3)4(6)7;;;;/h2*1-5H3;2*1-3H3,(H,6,7);2*1H;;/q2*-1;;;;;;/p-2. The second-order valence-corrected chi connectivity index (χ2v) is 12.4. The molecule has 220 valence electrons. The van der Waals surface area contributed by atoms with Crippen LogP contribution in [0.5, 0.6) is 0 Å². The van der Waals surface area contributed by atoms with Gasteiger partial charge in [-0.1, -0.05) is 66.2 Å². The summed E-state index contributed by atoms with van der Waals surface area (Å²) in [5.74, 6) is -1.51. The number of halogens is 2. The third-order valence-electron chi connectivity index (χ3n) is 6.41. The van der Waals surface area contributed by atoms with Crippen LogP contribution in [0.25, 0.3) is 0 Å². The molecule has 0 bridgehead atoms. The summed E-state index contributed by atoms with van der Waals surface area (Å²) in [5.41, 5.74) is 7.62. The van der Waals surface area contributed by atoms with Crippen LogP contribution >= 0.6 is 0 Å². The maximum Gasteiger partial charge on any atom is 0.308 e. The molecule has 0 saturated heterocycles. The summed E-state index contributed by atoms with van der Waals surface area (Å²) < 4.78 is 0. The van der Waals surface area contributed by atoms with Gasteiger partial charge in [0.25, 0.3) is 0 Å². The molecule has 0 amide bonds. The maximum absolute atomic E-state index is 10.0. The summed E-state index contributed by atoms with van der Waals surface area (Å²) in [4.78, 5) is 20.0. The fourth-order valence-corrected chi connectivity index (χ4v) is 2.81. The normalized spacial score (nSPS) is 16.5. The Morgan fingerprint density at radius 1 is 0.579 bits per heavy atom. The summed E-state index contributed by atoms with van der Waals surface area (Å²) >= 11 is 0. The molecule has 0 atom stereocenters. The zero-order valence-corrected chi connectivity index (χ0v) is 31.1. The van der Waals surface area contributed by atoms with Gasteiger partial charge in [0, 0.05) is 43.4 Å². The quantitative estimate of drug-likeness (QED) is 0.315. The van der Waals surface area contributed by atoms with Crippen LogP contribution in [0.15, 0.2) is 33.4 Å². The van der Waals surface area contributed by atoms with E-state index in [1.54, 1.807) is 41.5 Å². The Balaban J connectivity index is -0.0000000881. The molecule has 8 heteroatoms. The minimum absolute atomic E-state index is 0. The van der Waals surface area contributed by atoms with E-state index in [0.29, 0.717) is 0 Å². The molecule has 0 saturated carbocycles. The zero-order chi connectivity index (χ0) is 28.0. The van der Waals surface area contributed by atoms with Crippen LogP contribution in [-0.2, 0) is 53.0 Å². The Labute approximate surface area is 276 Å². The number of aliphatic carboxylic acids is 2. The fourth-order valence-electron chi connectivity index (χ4n) is 2.81. The van der Waals surface area contributed by atoms with E-state index >= 15 is 0 Å². The number of carboxylic acid groups (broad SMARTS) is 2. The summed E-state index contributed by atoms with van der Waals surface area (Å²) in [7, 11) is 0. The predicted octanol–water partition coefficient (Wildman–Crippen LogP) is 2.46. The van der Waals surface area contributed by atoms with Crippen LogP contribution in [0.3, 0.4) is 0 Å². The maximum atomic E-state index is 10.0. The molecule has 0 heterocycles. The van der Waals surface area contributed by atoms with Crippen molar-refractivity contribution in [2.75, 3.05) is 0 Å². The molecular formula is C30H50Cl2O4Ti2-4. The summed E-state index contributed by atoms with van der Waals surface area (Å²) in [6.45, 7) is 31.8. The van der Waals surface area contributed by atoms with Crippen molar-refractivity contribution >= 4 is 11.9 Å². The molecule has 0 aromatic rings. The van der Waals surface area contributed by atoms with Crippen molar-refractivity contribution in [3.8, 4) is 0 Å². The van der Waals surface area contributed by atoms with Crippen LogP contribution in [-0.4, -0.2) is 22.2 Å². The average Bonchev–Trinajstić information content (AvgIpc) is 2.92. The second kappa shape index (κ2) is 19.1. The number of hydrogen-bond donors (Lipinski definition) is 2. The van der Waals surface area contributed by atoms with Crippen LogP contribution in [0.4, 0.5) is 0 Å². The number of carbonyl (C=O) groups is 2. The van der Waals surface area contributed by atoms with Gasteiger partial charge in [0.1, 0.15) is 0 Å². The van der Waals surface area contributed by atoms with Crippen molar-refractivity contribution in [3.63, 3.8) is 0 Å². The first kappa shape index (κ1) is 50.7. The van der Waals surface area contributed by atoms with Crippen molar-refractivity contribution in [1.82, 2.24) is 0 Å². The van der Waals surface area contributed by atoms with Gasteiger partial charge in [0.15, 0.2) is 0 Å². The molecule has 2 rings (SSSR count). The van der Waals surface area contributed by atoms with Crippen molar-refractivity contribution in [1.29, 1.82) is 0 Å². The van der Waals surface area contributed by atoms with E-state index in [2.05, 4.69) is 81.4 Å².